The molecule has 0 radical (unpaired) electrons. The van der Waals surface area contributed by atoms with E-state index < -0.39 is 22.9 Å². The van der Waals surface area contributed by atoms with Crippen molar-refractivity contribution in [2.75, 3.05) is 26.2 Å². The fourth-order valence-corrected chi connectivity index (χ4v) is 4.76. The lowest BCUT2D eigenvalue weighted by atomic mass is 9.89. The lowest BCUT2D eigenvalue weighted by Gasteiger charge is -2.30. The molecule has 1 fully saturated rings. The number of aliphatic carboxylic acids is 1. The van der Waals surface area contributed by atoms with Crippen molar-refractivity contribution in [3.63, 3.8) is 0 Å². The molecule has 33 heavy (non-hydrogen) atoms. The first-order valence-corrected chi connectivity index (χ1v) is 11.2. The minimum atomic E-state index is -0.925. The summed E-state index contributed by atoms with van der Waals surface area (Å²) in [4.78, 5) is 38.5. The van der Waals surface area contributed by atoms with Crippen LogP contribution in [0.1, 0.15) is 44.2 Å². The number of amides is 2. The predicted octanol–water partition coefficient (Wildman–Crippen LogP) is 3.87. The summed E-state index contributed by atoms with van der Waals surface area (Å²) in [6.07, 6.45) is -0.154. The minimum absolute atomic E-state index is 0.0314. The summed E-state index contributed by atoms with van der Waals surface area (Å²) in [5.41, 5.74) is 2.79. The third-order valence-electron chi connectivity index (χ3n) is 6.87. The van der Waals surface area contributed by atoms with Gasteiger partial charge in [0.05, 0.1) is 10.8 Å². The topological polar surface area (TPSA) is 95.9 Å². The molecule has 174 valence electrons. The van der Waals surface area contributed by atoms with Crippen molar-refractivity contribution in [1.82, 2.24) is 10.2 Å². The number of carbonyl (C=O) groups is 3. The Kier molecular flexibility index (Phi) is 5.91. The van der Waals surface area contributed by atoms with E-state index in [4.69, 9.17) is 4.74 Å². The van der Waals surface area contributed by atoms with Gasteiger partial charge < -0.3 is 20.1 Å². The second kappa shape index (κ2) is 8.54. The van der Waals surface area contributed by atoms with Crippen LogP contribution < -0.4 is 5.32 Å². The number of carbonyl (C=O) groups excluding carboxylic acids is 2. The van der Waals surface area contributed by atoms with E-state index in [0.29, 0.717) is 13.0 Å². The molecule has 0 aromatic heterocycles. The van der Waals surface area contributed by atoms with Gasteiger partial charge in [-0.15, -0.1) is 0 Å². The van der Waals surface area contributed by atoms with Gasteiger partial charge in [-0.2, -0.15) is 0 Å². The zero-order valence-electron chi connectivity index (χ0n) is 19.3. The number of carboxylic acid groups (broad SMARTS) is 1. The maximum atomic E-state index is 13.0. The van der Waals surface area contributed by atoms with Gasteiger partial charge in [0.2, 0.25) is 5.91 Å². The van der Waals surface area contributed by atoms with E-state index in [2.05, 4.69) is 29.6 Å². The summed E-state index contributed by atoms with van der Waals surface area (Å²) in [5.74, 6) is -1.10. The molecule has 1 aliphatic carbocycles. The highest BCUT2D eigenvalue weighted by Crippen LogP contribution is 2.44. The predicted molar refractivity (Wildman–Crippen MR) is 124 cm³/mol. The number of hydrogen-bond acceptors (Lipinski definition) is 4. The van der Waals surface area contributed by atoms with Crippen molar-refractivity contribution in [2.45, 2.75) is 33.1 Å². The number of likely N-dealkylation sites (tertiary alicyclic amines) is 1. The van der Waals surface area contributed by atoms with E-state index in [0.717, 1.165) is 22.3 Å². The Hall–Kier alpha value is -3.35. The SMILES string of the molecule is CC(C)(CNC(=O)OCC1c2ccccc2-c2ccccc21)C(=O)N1CCC(C)(C(=O)O)C1. The van der Waals surface area contributed by atoms with Crippen LogP contribution in [0.4, 0.5) is 4.79 Å². The molecule has 7 nitrogen and oxygen atoms in total. The molecular weight excluding hydrogens is 420 g/mol. The Morgan fingerprint density at radius 2 is 1.67 bits per heavy atom. The van der Waals surface area contributed by atoms with Gasteiger partial charge in [-0.05, 0) is 49.4 Å². The van der Waals surface area contributed by atoms with Gasteiger partial charge in [0.1, 0.15) is 6.61 Å². The van der Waals surface area contributed by atoms with Crippen molar-refractivity contribution in [2.24, 2.45) is 10.8 Å². The standard InChI is InChI=1S/C26H30N2O5/c1-25(2,22(29)28-13-12-26(3,16-28)23(30)31)15-27-24(32)33-14-21-19-10-6-4-8-17(19)18-9-5-7-11-20(18)21/h4-11,21H,12-16H2,1-3H3,(H,27,32)(H,30,31). The third-order valence-corrected chi connectivity index (χ3v) is 6.87. The van der Waals surface area contributed by atoms with Crippen molar-refractivity contribution in [3.05, 3.63) is 59.7 Å². The van der Waals surface area contributed by atoms with Crippen LogP contribution in [-0.2, 0) is 14.3 Å². The van der Waals surface area contributed by atoms with E-state index in [1.54, 1.807) is 25.7 Å². The molecule has 1 aliphatic heterocycles. The van der Waals surface area contributed by atoms with Crippen molar-refractivity contribution >= 4 is 18.0 Å². The highest BCUT2D eigenvalue weighted by atomic mass is 16.5. The Morgan fingerprint density at radius 1 is 1.09 bits per heavy atom. The molecule has 0 spiro atoms. The molecule has 0 saturated carbocycles. The van der Waals surface area contributed by atoms with Gasteiger partial charge in [0.15, 0.2) is 0 Å². The van der Waals surface area contributed by atoms with Gasteiger partial charge in [-0.25, -0.2) is 4.79 Å². The van der Waals surface area contributed by atoms with E-state index >= 15 is 0 Å². The minimum Gasteiger partial charge on any atom is -0.481 e. The molecule has 2 aromatic rings. The monoisotopic (exact) mass is 450 g/mol. The Bertz CT molecular complexity index is 1050. The van der Waals surface area contributed by atoms with Crippen LogP contribution in [0.3, 0.4) is 0 Å². The normalized spacial score (nSPS) is 19.7. The Balaban J connectivity index is 1.34. The average molecular weight is 451 g/mol. The molecule has 2 N–H and O–H groups in total. The highest BCUT2D eigenvalue weighted by molar-refractivity contribution is 5.85. The zero-order valence-corrected chi connectivity index (χ0v) is 19.3. The summed E-state index contributed by atoms with van der Waals surface area (Å²) in [6.45, 7) is 6.03. The summed E-state index contributed by atoms with van der Waals surface area (Å²) in [5, 5.41) is 12.1. The number of ether oxygens (including phenoxy) is 1. The molecule has 1 unspecified atom stereocenters. The molecule has 2 aromatic carbocycles. The summed E-state index contributed by atoms with van der Waals surface area (Å²) in [7, 11) is 0. The van der Waals surface area contributed by atoms with Crippen LogP contribution in [0, 0.1) is 10.8 Å². The van der Waals surface area contributed by atoms with E-state index in [1.807, 2.05) is 24.3 Å². The van der Waals surface area contributed by atoms with E-state index in [-0.39, 0.29) is 31.5 Å². The molecule has 7 heteroatoms. The number of benzene rings is 2. The van der Waals surface area contributed by atoms with Gasteiger partial charge in [0, 0.05) is 25.6 Å². The smallest absolute Gasteiger partial charge is 0.407 e. The first-order chi connectivity index (χ1) is 15.6. The lowest BCUT2D eigenvalue weighted by molar-refractivity contribution is -0.148. The van der Waals surface area contributed by atoms with Gasteiger partial charge in [-0.3, -0.25) is 9.59 Å². The average Bonchev–Trinajstić information content (AvgIpc) is 3.35. The summed E-state index contributed by atoms with van der Waals surface area (Å²) >= 11 is 0. The summed E-state index contributed by atoms with van der Waals surface area (Å²) in [6, 6.07) is 16.3. The van der Waals surface area contributed by atoms with Crippen molar-refractivity contribution < 1.29 is 24.2 Å². The number of carboxylic acids is 1. The number of hydrogen-bond donors (Lipinski definition) is 2. The fourth-order valence-electron chi connectivity index (χ4n) is 4.76. The van der Waals surface area contributed by atoms with Crippen LogP contribution in [-0.4, -0.2) is 54.2 Å². The van der Waals surface area contributed by atoms with Crippen molar-refractivity contribution in [1.29, 1.82) is 0 Å². The lowest BCUT2D eigenvalue weighted by Crippen LogP contribution is -2.47. The maximum Gasteiger partial charge on any atom is 0.407 e. The van der Waals surface area contributed by atoms with Crippen LogP contribution >= 0.6 is 0 Å². The highest BCUT2D eigenvalue weighted by Gasteiger charge is 2.45. The largest absolute Gasteiger partial charge is 0.481 e. The first kappa shape index (κ1) is 22.8. The molecular formula is C26H30N2O5. The van der Waals surface area contributed by atoms with Gasteiger partial charge in [-0.1, -0.05) is 48.5 Å². The fraction of sp³-hybridized carbons (Fsp3) is 0.423. The molecule has 2 amide bonds. The molecule has 1 saturated heterocycles. The van der Waals surface area contributed by atoms with Crippen LogP contribution in [0.25, 0.3) is 11.1 Å². The second-order valence-corrected chi connectivity index (χ2v) is 9.91. The quantitative estimate of drug-likeness (QED) is 0.696. The molecule has 1 heterocycles. The van der Waals surface area contributed by atoms with Gasteiger partial charge in [0.25, 0.3) is 0 Å². The van der Waals surface area contributed by atoms with Gasteiger partial charge >= 0.3 is 12.1 Å². The third kappa shape index (κ3) is 4.32. The molecule has 1 atom stereocenters. The first-order valence-electron chi connectivity index (χ1n) is 11.2. The van der Waals surface area contributed by atoms with Crippen LogP contribution in [0.15, 0.2) is 48.5 Å². The number of fused-ring (bicyclic) bond motifs is 3. The molecule has 0 bridgehead atoms. The zero-order chi connectivity index (χ0) is 23.8. The Morgan fingerprint density at radius 3 is 2.21 bits per heavy atom. The van der Waals surface area contributed by atoms with E-state index in [1.165, 1.54) is 0 Å². The van der Waals surface area contributed by atoms with E-state index in [9.17, 15) is 19.5 Å². The second-order valence-electron chi connectivity index (χ2n) is 9.91. The van der Waals surface area contributed by atoms with Crippen LogP contribution in [0.5, 0.6) is 0 Å². The summed E-state index contributed by atoms with van der Waals surface area (Å²) < 4.78 is 5.55. The molecule has 2 aliphatic rings. The molecule has 4 rings (SSSR count). The van der Waals surface area contributed by atoms with Crippen molar-refractivity contribution in [3.8, 4) is 11.1 Å². The van der Waals surface area contributed by atoms with Crippen LogP contribution in [0.2, 0.25) is 0 Å². The number of alkyl carbamates (subject to hydrolysis) is 1. The maximum absolute atomic E-state index is 13.0. The number of rotatable bonds is 6. The number of nitrogens with one attached hydrogen (secondary N) is 1. The Labute approximate surface area is 193 Å². The number of nitrogens with zero attached hydrogens (tertiary/aromatic N) is 1.